The third-order valence-corrected chi connectivity index (χ3v) is 8.72. The van der Waals surface area contributed by atoms with E-state index in [4.69, 9.17) is 9.73 Å². The lowest BCUT2D eigenvalue weighted by Crippen LogP contribution is -2.66. The summed E-state index contributed by atoms with van der Waals surface area (Å²) >= 11 is 0. The number of likely N-dealkylation sites (tertiary alicyclic amines) is 1. The normalized spacial score (nSPS) is 29.1. The van der Waals surface area contributed by atoms with E-state index >= 15 is 0 Å². The first-order chi connectivity index (χ1) is 17.9. The van der Waals surface area contributed by atoms with Crippen LogP contribution in [0.2, 0.25) is 0 Å². The minimum Gasteiger partial charge on any atom is -0.504 e. The second-order valence-corrected chi connectivity index (χ2v) is 10.9. The third-order valence-electron chi connectivity index (χ3n) is 8.72. The highest BCUT2D eigenvalue weighted by Crippen LogP contribution is 2.62. The van der Waals surface area contributed by atoms with Gasteiger partial charge in [0, 0.05) is 35.2 Å². The fourth-order valence-corrected chi connectivity index (χ4v) is 6.99. The fourth-order valence-electron chi connectivity index (χ4n) is 6.99. The van der Waals surface area contributed by atoms with Gasteiger partial charge in [-0.2, -0.15) is 0 Å². The lowest BCUT2D eigenvalue weighted by atomic mass is 9.53. The van der Waals surface area contributed by atoms with Crippen molar-refractivity contribution in [1.82, 2.24) is 4.90 Å². The van der Waals surface area contributed by atoms with Gasteiger partial charge < -0.3 is 25.2 Å². The number of nitrogens with zero attached hydrogens (tertiary/aromatic N) is 2. The molecule has 1 spiro atoms. The number of guanidine groups is 1. The Morgan fingerprint density at radius 1 is 1.00 bits per heavy atom. The van der Waals surface area contributed by atoms with Crippen LogP contribution in [0.3, 0.4) is 0 Å². The molecule has 4 aliphatic rings. The number of phenols is 1. The van der Waals surface area contributed by atoms with Gasteiger partial charge in [0.25, 0.3) is 0 Å². The maximum atomic E-state index is 10.9. The van der Waals surface area contributed by atoms with Crippen molar-refractivity contribution < 1.29 is 14.9 Å². The molecule has 37 heavy (non-hydrogen) atoms. The summed E-state index contributed by atoms with van der Waals surface area (Å²) in [6.45, 7) is 4.93. The van der Waals surface area contributed by atoms with Gasteiger partial charge in [0.1, 0.15) is 12.2 Å². The van der Waals surface area contributed by atoms with Gasteiger partial charge in [-0.15, -0.1) is 0 Å². The molecular weight excluding hydrogens is 462 g/mol. The zero-order valence-electron chi connectivity index (χ0n) is 21.1. The summed E-state index contributed by atoms with van der Waals surface area (Å²) in [5.41, 5.74) is 6.25. The van der Waals surface area contributed by atoms with Crippen molar-refractivity contribution in [3.05, 3.63) is 95.1 Å². The number of piperidine rings is 1. The number of aliphatic hydroxyl groups excluding tert-OH is 1. The Morgan fingerprint density at radius 3 is 2.49 bits per heavy atom. The van der Waals surface area contributed by atoms with Crippen LogP contribution in [0.5, 0.6) is 11.5 Å². The van der Waals surface area contributed by atoms with Gasteiger partial charge in [0.05, 0.1) is 5.69 Å². The molecule has 2 heterocycles. The molecule has 0 radical (unpaired) electrons. The maximum absolute atomic E-state index is 10.9. The van der Waals surface area contributed by atoms with Crippen molar-refractivity contribution >= 4 is 17.3 Å². The number of phenolic OH excluding ortho intramolecular Hbond substituents is 1. The van der Waals surface area contributed by atoms with Gasteiger partial charge in [-0.1, -0.05) is 53.6 Å². The number of aryl methyl sites for hydroxylation is 2. The average molecular weight is 494 g/mol. The Bertz CT molecular complexity index is 1430. The summed E-state index contributed by atoms with van der Waals surface area (Å²) in [5.74, 6) is 1.68. The van der Waals surface area contributed by atoms with E-state index in [1.54, 1.807) is 6.07 Å². The highest BCUT2D eigenvalue weighted by atomic mass is 16.5. The first-order valence-electron chi connectivity index (χ1n) is 13.1. The second kappa shape index (κ2) is 8.12. The molecule has 3 aromatic carbocycles. The van der Waals surface area contributed by atoms with E-state index < -0.39 is 12.2 Å². The molecule has 3 N–H and O–H groups in total. The highest BCUT2D eigenvalue weighted by Gasteiger charge is 2.65. The van der Waals surface area contributed by atoms with Crippen LogP contribution >= 0.6 is 0 Å². The van der Waals surface area contributed by atoms with Crippen molar-refractivity contribution in [2.24, 2.45) is 10.9 Å². The first kappa shape index (κ1) is 22.4. The molecule has 5 atom stereocenters. The standard InChI is InChI=1S/C31H31N3O3/c1-18-3-8-21(9-4-18)32-30(33-22-10-5-19(2)6-11-22)34-16-15-31-23-12-14-26(36)29(31)37-28-25(35)13-7-20(27(28)31)17-24(23)34/h3-14,23-24,26,29,35-36H,15-17H2,1-2H3,(H,32,33)/t23-,24+,26-,29-,31-/m0/s1. The van der Waals surface area contributed by atoms with E-state index in [0.29, 0.717) is 5.75 Å². The molecule has 188 valence electrons. The van der Waals surface area contributed by atoms with Gasteiger partial charge in [0.2, 0.25) is 5.96 Å². The number of nitrogens with one attached hydrogen (secondary N) is 1. The molecule has 6 nitrogen and oxygen atoms in total. The quantitative estimate of drug-likeness (QED) is 0.267. The summed E-state index contributed by atoms with van der Waals surface area (Å²) in [6, 6.07) is 20.6. The second-order valence-electron chi connectivity index (χ2n) is 10.9. The molecule has 0 amide bonds. The molecule has 0 unspecified atom stereocenters. The number of anilines is 1. The van der Waals surface area contributed by atoms with Crippen LogP contribution in [0.1, 0.15) is 28.7 Å². The van der Waals surface area contributed by atoms with E-state index in [1.165, 1.54) is 16.7 Å². The number of rotatable bonds is 2. The Balaban J connectivity index is 1.34. The monoisotopic (exact) mass is 493 g/mol. The van der Waals surface area contributed by atoms with Crippen LogP contribution in [0.4, 0.5) is 11.4 Å². The zero-order chi connectivity index (χ0) is 25.3. The smallest absolute Gasteiger partial charge is 0.203 e. The SMILES string of the molecule is Cc1ccc(N=C(Nc2ccc(C)cc2)N2CC[C@]34c5c6ccc(O)c5O[C@H]3[C@@H](O)C=C[C@H]4[C@H]2C6)cc1. The molecule has 1 fully saturated rings. The number of aromatic hydroxyl groups is 1. The van der Waals surface area contributed by atoms with Crippen LogP contribution < -0.4 is 10.1 Å². The minimum atomic E-state index is -0.701. The fraction of sp³-hybridized carbons (Fsp3) is 0.323. The predicted molar refractivity (Wildman–Crippen MR) is 145 cm³/mol. The summed E-state index contributed by atoms with van der Waals surface area (Å²) in [7, 11) is 0. The maximum Gasteiger partial charge on any atom is 0.203 e. The van der Waals surface area contributed by atoms with Crippen molar-refractivity contribution in [3.8, 4) is 11.5 Å². The molecule has 0 saturated carbocycles. The lowest BCUT2D eigenvalue weighted by molar-refractivity contribution is -0.0362. The van der Waals surface area contributed by atoms with E-state index in [1.807, 2.05) is 12.1 Å². The van der Waals surface area contributed by atoms with Crippen LogP contribution in [0.15, 0.2) is 77.8 Å². The summed E-state index contributed by atoms with van der Waals surface area (Å²) in [4.78, 5) is 7.53. The molecule has 1 saturated heterocycles. The van der Waals surface area contributed by atoms with Crippen molar-refractivity contribution in [1.29, 1.82) is 0 Å². The number of benzene rings is 3. The topological polar surface area (TPSA) is 77.3 Å². The van der Waals surface area contributed by atoms with E-state index in [9.17, 15) is 10.2 Å². The van der Waals surface area contributed by atoms with Crippen LogP contribution in [0, 0.1) is 19.8 Å². The van der Waals surface area contributed by atoms with Gasteiger partial charge in [0.15, 0.2) is 11.5 Å². The van der Waals surface area contributed by atoms with Gasteiger partial charge in [-0.05, 0) is 62.6 Å². The average Bonchev–Trinajstić information content (AvgIpc) is 3.25. The molecule has 6 heteroatoms. The molecule has 7 rings (SSSR count). The third kappa shape index (κ3) is 3.32. The highest BCUT2D eigenvalue weighted by molar-refractivity contribution is 5.96. The Hall–Kier alpha value is -3.77. The van der Waals surface area contributed by atoms with E-state index in [2.05, 4.69) is 78.7 Å². The van der Waals surface area contributed by atoms with Crippen LogP contribution in [0.25, 0.3) is 0 Å². The largest absolute Gasteiger partial charge is 0.504 e. The van der Waals surface area contributed by atoms with Crippen molar-refractivity contribution in [2.75, 3.05) is 11.9 Å². The van der Waals surface area contributed by atoms with E-state index in [0.717, 1.165) is 42.3 Å². The lowest BCUT2D eigenvalue weighted by Gasteiger charge is -2.57. The van der Waals surface area contributed by atoms with Crippen LogP contribution in [-0.4, -0.2) is 45.9 Å². The molecular formula is C31H31N3O3. The molecule has 0 aromatic heterocycles. The minimum absolute atomic E-state index is 0.133. The predicted octanol–water partition coefficient (Wildman–Crippen LogP) is 4.98. The summed E-state index contributed by atoms with van der Waals surface area (Å²) in [6.07, 6.45) is 4.57. The van der Waals surface area contributed by atoms with E-state index in [-0.39, 0.29) is 23.1 Å². The Morgan fingerprint density at radius 2 is 1.73 bits per heavy atom. The van der Waals surface area contributed by atoms with Gasteiger partial charge in [-0.25, -0.2) is 4.99 Å². The Kier molecular flexibility index (Phi) is 4.92. The molecule has 2 aliphatic carbocycles. The molecule has 2 aliphatic heterocycles. The number of aliphatic hydroxyl groups is 1. The molecule has 2 bridgehead atoms. The zero-order valence-corrected chi connectivity index (χ0v) is 21.1. The number of hydrogen-bond acceptors (Lipinski definition) is 4. The van der Waals surface area contributed by atoms with Gasteiger partial charge >= 0.3 is 0 Å². The number of aliphatic imine (C=N–C) groups is 1. The molecule has 3 aromatic rings. The van der Waals surface area contributed by atoms with Crippen LogP contribution in [-0.2, 0) is 11.8 Å². The number of ether oxygens (including phenoxy) is 1. The first-order valence-corrected chi connectivity index (χ1v) is 13.1. The summed E-state index contributed by atoms with van der Waals surface area (Å²) < 4.78 is 6.32. The van der Waals surface area contributed by atoms with Gasteiger partial charge in [-0.3, -0.25) is 0 Å². The van der Waals surface area contributed by atoms with Crippen molar-refractivity contribution in [3.63, 3.8) is 0 Å². The summed E-state index contributed by atoms with van der Waals surface area (Å²) in [5, 5.41) is 25.2. The number of hydrogen-bond donors (Lipinski definition) is 3. The van der Waals surface area contributed by atoms with Crippen molar-refractivity contribution in [2.45, 2.75) is 50.4 Å². The Labute approximate surface area is 216 Å².